The zero-order chi connectivity index (χ0) is 18.8. The van der Waals surface area contributed by atoms with E-state index >= 15 is 0 Å². The third kappa shape index (κ3) is 3.06. The van der Waals surface area contributed by atoms with E-state index in [1.54, 1.807) is 25.2 Å². The largest absolute Gasteiger partial charge is 0.465 e. The second-order valence-corrected chi connectivity index (χ2v) is 5.65. The fraction of sp³-hybridized carbons (Fsp3) is 0.105. The predicted octanol–water partition coefficient (Wildman–Crippen LogP) is 2.72. The van der Waals surface area contributed by atoms with E-state index in [9.17, 15) is 18.8 Å². The van der Waals surface area contributed by atoms with Crippen LogP contribution in [0.25, 0.3) is 10.9 Å². The van der Waals surface area contributed by atoms with Crippen LogP contribution >= 0.6 is 0 Å². The number of aromatic nitrogens is 1. The first kappa shape index (κ1) is 17.3. The number of para-hydroxylation sites is 1. The van der Waals surface area contributed by atoms with Crippen molar-refractivity contribution < 1.29 is 18.7 Å². The second kappa shape index (κ2) is 6.79. The number of anilines is 1. The molecule has 0 fully saturated rings. The Labute approximate surface area is 147 Å². The molecule has 1 N–H and O–H groups in total. The molecule has 0 saturated heterocycles. The molecule has 0 aliphatic heterocycles. The summed E-state index contributed by atoms with van der Waals surface area (Å²) >= 11 is 0. The number of halogens is 1. The Kier molecular flexibility index (Phi) is 4.53. The van der Waals surface area contributed by atoms with Gasteiger partial charge in [0, 0.05) is 24.3 Å². The molecule has 2 aromatic carbocycles. The summed E-state index contributed by atoms with van der Waals surface area (Å²) in [5.74, 6) is -1.74. The number of hydrogen-bond donors (Lipinski definition) is 1. The quantitative estimate of drug-likeness (QED) is 0.734. The standard InChI is InChI=1S/C19H15FN2O4/c1-22-10-14(17(23)13-7-4-8-15(20)16(13)22)18(24)21-12-6-3-5-11(9-12)19(25)26-2/h3-10H,1-2H3,(H,21,24). The highest BCUT2D eigenvalue weighted by Crippen LogP contribution is 2.16. The first-order valence-corrected chi connectivity index (χ1v) is 7.70. The van der Waals surface area contributed by atoms with Crippen LogP contribution in [0.15, 0.2) is 53.5 Å². The number of methoxy groups -OCH3 is 1. The van der Waals surface area contributed by atoms with Crippen LogP contribution in [0.3, 0.4) is 0 Å². The minimum atomic E-state index is -0.654. The van der Waals surface area contributed by atoms with E-state index in [-0.39, 0.29) is 22.0 Å². The number of nitrogens with zero attached hydrogens (tertiary/aromatic N) is 1. The number of carbonyl (C=O) groups excluding carboxylic acids is 2. The molecule has 132 valence electrons. The normalized spacial score (nSPS) is 10.6. The second-order valence-electron chi connectivity index (χ2n) is 5.65. The van der Waals surface area contributed by atoms with Crippen molar-refractivity contribution in [1.82, 2.24) is 4.57 Å². The summed E-state index contributed by atoms with van der Waals surface area (Å²) in [7, 11) is 2.81. The topological polar surface area (TPSA) is 77.4 Å². The molecule has 0 aliphatic carbocycles. The van der Waals surface area contributed by atoms with E-state index < -0.39 is 23.1 Å². The number of esters is 1. The first-order chi connectivity index (χ1) is 12.4. The molecule has 7 heteroatoms. The number of hydrogen-bond acceptors (Lipinski definition) is 4. The summed E-state index contributed by atoms with van der Waals surface area (Å²) < 4.78 is 20.0. The minimum absolute atomic E-state index is 0.114. The van der Waals surface area contributed by atoms with Gasteiger partial charge >= 0.3 is 5.97 Å². The molecule has 3 aromatic rings. The van der Waals surface area contributed by atoms with E-state index in [2.05, 4.69) is 10.1 Å². The number of benzene rings is 2. The summed E-state index contributed by atoms with van der Waals surface area (Å²) in [5.41, 5.74) is 0.0214. The number of rotatable bonds is 3. The van der Waals surface area contributed by atoms with Crippen molar-refractivity contribution in [1.29, 1.82) is 0 Å². The number of ether oxygens (including phenoxy) is 1. The maximum atomic E-state index is 14.0. The lowest BCUT2D eigenvalue weighted by molar-refractivity contribution is 0.0600. The Morgan fingerprint density at radius 3 is 2.62 bits per heavy atom. The molecule has 0 saturated carbocycles. The monoisotopic (exact) mass is 354 g/mol. The summed E-state index contributed by atoms with van der Waals surface area (Å²) in [6.45, 7) is 0. The average molecular weight is 354 g/mol. The first-order valence-electron chi connectivity index (χ1n) is 7.70. The molecule has 6 nitrogen and oxygen atoms in total. The number of carbonyl (C=O) groups is 2. The van der Waals surface area contributed by atoms with E-state index in [0.29, 0.717) is 5.69 Å². The van der Waals surface area contributed by atoms with Crippen LogP contribution in [-0.4, -0.2) is 23.6 Å². The molecular weight excluding hydrogens is 339 g/mol. The smallest absolute Gasteiger partial charge is 0.337 e. The van der Waals surface area contributed by atoms with Gasteiger partial charge in [0.05, 0.1) is 18.2 Å². The Bertz CT molecular complexity index is 1090. The van der Waals surface area contributed by atoms with Crippen molar-refractivity contribution in [3.05, 3.63) is 75.8 Å². The number of fused-ring (bicyclic) bond motifs is 1. The van der Waals surface area contributed by atoms with Crippen molar-refractivity contribution in [2.75, 3.05) is 12.4 Å². The van der Waals surface area contributed by atoms with E-state index in [0.717, 1.165) is 0 Å². The van der Waals surface area contributed by atoms with Gasteiger partial charge in [-0.2, -0.15) is 0 Å². The van der Waals surface area contributed by atoms with Crippen LogP contribution in [0.5, 0.6) is 0 Å². The lowest BCUT2D eigenvalue weighted by Gasteiger charge is -2.10. The van der Waals surface area contributed by atoms with Crippen LogP contribution in [0.1, 0.15) is 20.7 Å². The van der Waals surface area contributed by atoms with Gasteiger partial charge in [0.25, 0.3) is 5.91 Å². The SMILES string of the molecule is COC(=O)c1cccc(NC(=O)c2cn(C)c3c(F)cccc3c2=O)c1. The molecule has 0 spiro atoms. The van der Waals surface area contributed by atoms with Gasteiger partial charge in [0.1, 0.15) is 11.4 Å². The zero-order valence-electron chi connectivity index (χ0n) is 14.1. The predicted molar refractivity (Wildman–Crippen MR) is 94.9 cm³/mol. The molecule has 0 radical (unpaired) electrons. The number of amides is 1. The maximum absolute atomic E-state index is 14.0. The summed E-state index contributed by atoms with van der Waals surface area (Å²) in [6, 6.07) is 10.3. The van der Waals surface area contributed by atoms with Crippen molar-refractivity contribution in [3.8, 4) is 0 Å². The molecule has 26 heavy (non-hydrogen) atoms. The average Bonchev–Trinajstić information content (AvgIpc) is 2.64. The fourth-order valence-corrected chi connectivity index (χ4v) is 2.72. The fourth-order valence-electron chi connectivity index (χ4n) is 2.72. The molecule has 0 aliphatic rings. The number of aryl methyl sites for hydroxylation is 1. The van der Waals surface area contributed by atoms with Crippen LogP contribution < -0.4 is 10.7 Å². The van der Waals surface area contributed by atoms with Crippen molar-refractivity contribution in [2.24, 2.45) is 7.05 Å². The molecule has 1 amide bonds. The van der Waals surface area contributed by atoms with Crippen LogP contribution in [0, 0.1) is 5.82 Å². The van der Waals surface area contributed by atoms with E-state index in [1.165, 1.54) is 42.1 Å². The Balaban J connectivity index is 2.00. The zero-order valence-corrected chi connectivity index (χ0v) is 14.1. The van der Waals surface area contributed by atoms with Gasteiger partial charge in [-0.15, -0.1) is 0 Å². The van der Waals surface area contributed by atoms with Crippen LogP contribution in [-0.2, 0) is 11.8 Å². The number of pyridine rings is 1. The van der Waals surface area contributed by atoms with Gasteiger partial charge in [-0.05, 0) is 30.3 Å². The van der Waals surface area contributed by atoms with Crippen molar-refractivity contribution in [3.63, 3.8) is 0 Å². The highest BCUT2D eigenvalue weighted by molar-refractivity contribution is 6.06. The molecule has 1 aromatic heterocycles. The minimum Gasteiger partial charge on any atom is -0.465 e. The molecule has 3 rings (SSSR count). The van der Waals surface area contributed by atoms with Gasteiger partial charge in [-0.3, -0.25) is 9.59 Å². The summed E-state index contributed by atoms with van der Waals surface area (Å²) in [5, 5.41) is 2.69. The lowest BCUT2D eigenvalue weighted by atomic mass is 10.1. The third-order valence-corrected chi connectivity index (χ3v) is 3.94. The van der Waals surface area contributed by atoms with Crippen molar-refractivity contribution in [2.45, 2.75) is 0 Å². The highest BCUT2D eigenvalue weighted by atomic mass is 19.1. The highest BCUT2D eigenvalue weighted by Gasteiger charge is 2.17. The van der Waals surface area contributed by atoms with E-state index in [1.807, 2.05) is 0 Å². The van der Waals surface area contributed by atoms with Gasteiger partial charge in [0.2, 0.25) is 5.43 Å². The summed E-state index contributed by atoms with van der Waals surface area (Å²) in [4.78, 5) is 36.7. The van der Waals surface area contributed by atoms with Crippen LogP contribution in [0.2, 0.25) is 0 Å². The molecule has 0 bridgehead atoms. The third-order valence-electron chi connectivity index (χ3n) is 3.94. The molecule has 0 atom stereocenters. The van der Waals surface area contributed by atoms with E-state index in [4.69, 9.17) is 0 Å². The Hall–Kier alpha value is -3.48. The Morgan fingerprint density at radius 1 is 1.15 bits per heavy atom. The summed E-state index contributed by atoms with van der Waals surface area (Å²) in [6.07, 6.45) is 1.28. The maximum Gasteiger partial charge on any atom is 0.337 e. The van der Waals surface area contributed by atoms with Gasteiger partial charge in [-0.1, -0.05) is 12.1 Å². The number of nitrogens with one attached hydrogen (secondary N) is 1. The lowest BCUT2D eigenvalue weighted by Crippen LogP contribution is -2.23. The molecular formula is C19H15FN2O4. The van der Waals surface area contributed by atoms with Gasteiger partial charge in [-0.25, -0.2) is 9.18 Å². The van der Waals surface area contributed by atoms with Gasteiger partial charge < -0.3 is 14.6 Å². The van der Waals surface area contributed by atoms with Crippen molar-refractivity contribution >= 4 is 28.5 Å². The van der Waals surface area contributed by atoms with Crippen LogP contribution in [0.4, 0.5) is 10.1 Å². The van der Waals surface area contributed by atoms with Gasteiger partial charge in [0.15, 0.2) is 0 Å². The molecule has 1 heterocycles. The Morgan fingerprint density at radius 2 is 1.88 bits per heavy atom. The molecule has 0 unspecified atom stereocenters.